The molecule has 0 aliphatic heterocycles. The topological polar surface area (TPSA) is 44.1 Å². The minimum absolute atomic E-state index is 0.180. The van der Waals surface area contributed by atoms with E-state index >= 15 is 0 Å². The van der Waals surface area contributed by atoms with Crippen LogP contribution in [0.4, 0.5) is 0 Å². The summed E-state index contributed by atoms with van der Waals surface area (Å²) in [6.07, 6.45) is 4.71. The van der Waals surface area contributed by atoms with E-state index in [9.17, 15) is 4.79 Å². The summed E-state index contributed by atoms with van der Waals surface area (Å²) in [5.74, 6) is -0.180. The molecule has 1 heterocycles. The van der Waals surface area contributed by atoms with E-state index in [1.807, 2.05) is 36.0 Å². The smallest absolute Gasteiger partial charge is 0.305 e. The number of methoxy groups -OCH3 is 1. The van der Waals surface area contributed by atoms with Crippen molar-refractivity contribution in [2.75, 3.05) is 7.11 Å². The summed E-state index contributed by atoms with van der Waals surface area (Å²) >= 11 is 0. The first-order chi connectivity index (χ1) is 8.70. The lowest BCUT2D eigenvalue weighted by Crippen LogP contribution is -2.02. The lowest BCUT2D eigenvalue weighted by atomic mass is 10.0. The van der Waals surface area contributed by atoms with Gasteiger partial charge in [-0.05, 0) is 18.1 Å². The monoisotopic (exact) mass is 244 g/mol. The average molecular weight is 244 g/mol. The molecule has 1 aromatic heterocycles. The Balaban J connectivity index is 2.15. The van der Waals surface area contributed by atoms with Gasteiger partial charge in [0.05, 0.1) is 25.3 Å². The second-order valence-corrected chi connectivity index (χ2v) is 4.17. The summed E-state index contributed by atoms with van der Waals surface area (Å²) in [4.78, 5) is 15.2. The maximum atomic E-state index is 11.1. The van der Waals surface area contributed by atoms with Gasteiger partial charge in [-0.3, -0.25) is 4.79 Å². The van der Waals surface area contributed by atoms with Crippen LogP contribution in [0.15, 0.2) is 36.8 Å². The summed E-state index contributed by atoms with van der Waals surface area (Å²) < 4.78 is 6.61. The Labute approximate surface area is 106 Å². The molecule has 4 nitrogen and oxygen atoms in total. The molecule has 2 rings (SSSR count). The van der Waals surface area contributed by atoms with Gasteiger partial charge in [-0.2, -0.15) is 0 Å². The number of aromatic nitrogens is 2. The fraction of sp³-hybridized carbons (Fsp3) is 0.286. The highest BCUT2D eigenvalue weighted by Gasteiger charge is 2.05. The molecule has 1 aromatic carbocycles. The number of nitrogens with zero attached hydrogens (tertiary/aromatic N) is 2. The number of hydrogen-bond donors (Lipinski definition) is 0. The van der Waals surface area contributed by atoms with E-state index in [4.69, 9.17) is 0 Å². The van der Waals surface area contributed by atoms with Gasteiger partial charge in [0.25, 0.3) is 0 Å². The number of carbonyl (C=O) groups is 1. The van der Waals surface area contributed by atoms with Gasteiger partial charge in [-0.25, -0.2) is 4.98 Å². The van der Waals surface area contributed by atoms with E-state index in [-0.39, 0.29) is 5.97 Å². The van der Waals surface area contributed by atoms with Gasteiger partial charge in [0.15, 0.2) is 0 Å². The van der Waals surface area contributed by atoms with E-state index in [1.54, 1.807) is 6.33 Å². The van der Waals surface area contributed by atoms with Crippen molar-refractivity contribution in [1.29, 1.82) is 0 Å². The van der Waals surface area contributed by atoms with Gasteiger partial charge in [-0.15, -0.1) is 0 Å². The van der Waals surface area contributed by atoms with Crippen LogP contribution in [0, 0.1) is 0 Å². The van der Waals surface area contributed by atoms with Crippen molar-refractivity contribution in [3.8, 4) is 11.3 Å². The van der Waals surface area contributed by atoms with E-state index in [1.165, 1.54) is 7.11 Å². The zero-order chi connectivity index (χ0) is 13.0. The molecule has 0 bridgehead atoms. The van der Waals surface area contributed by atoms with Crippen LogP contribution >= 0.6 is 0 Å². The second kappa shape index (κ2) is 5.49. The van der Waals surface area contributed by atoms with Crippen LogP contribution in [0.2, 0.25) is 0 Å². The first-order valence-corrected chi connectivity index (χ1v) is 5.83. The first-order valence-electron chi connectivity index (χ1n) is 5.83. The zero-order valence-corrected chi connectivity index (χ0v) is 10.6. The lowest BCUT2D eigenvalue weighted by Gasteiger charge is -2.05. The molecule has 0 aliphatic rings. The molecule has 0 fully saturated rings. The summed E-state index contributed by atoms with van der Waals surface area (Å²) in [7, 11) is 3.37. The molecular formula is C14H16N2O2. The second-order valence-electron chi connectivity index (χ2n) is 4.17. The Morgan fingerprint density at radius 1 is 1.44 bits per heavy atom. The fourth-order valence-corrected chi connectivity index (χ4v) is 1.87. The van der Waals surface area contributed by atoms with Crippen molar-refractivity contribution in [1.82, 2.24) is 9.55 Å². The first kappa shape index (κ1) is 12.4. The van der Waals surface area contributed by atoms with Crippen LogP contribution in [-0.4, -0.2) is 22.6 Å². The molecule has 0 atom stereocenters. The number of ether oxygens (including phenoxy) is 1. The lowest BCUT2D eigenvalue weighted by molar-refractivity contribution is -0.140. The summed E-state index contributed by atoms with van der Waals surface area (Å²) in [5, 5.41) is 0. The number of carbonyl (C=O) groups excluding carboxylic acids is 1. The van der Waals surface area contributed by atoms with Crippen molar-refractivity contribution >= 4 is 5.97 Å². The highest BCUT2D eigenvalue weighted by molar-refractivity contribution is 5.69. The van der Waals surface area contributed by atoms with Crippen molar-refractivity contribution < 1.29 is 9.53 Å². The number of imidazole rings is 1. The molecule has 0 N–H and O–H groups in total. The van der Waals surface area contributed by atoms with E-state index in [0.717, 1.165) is 16.8 Å². The van der Waals surface area contributed by atoms with E-state index in [2.05, 4.69) is 15.8 Å². The minimum Gasteiger partial charge on any atom is -0.469 e. The van der Waals surface area contributed by atoms with Gasteiger partial charge >= 0.3 is 5.97 Å². The SMILES string of the molecule is COC(=O)CCc1cccc(-c2cncn2C)c1. The number of benzene rings is 1. The van der Waals surface area contributed by atoms with Crippen molar-refractivity contribution in [3.05, 3.63) is 42.4 Å². The summed E-state index contributed by atoms with van der Waals surface area (Å²) in [6, 6.07) is 8.14. The van der Waals surface area contributed by atoms with Gasteiger partial charge in [0, 0.05) is 19.0 Å². The number of esters is 1. The summed E-state index contributed by atoms with van der Waals surface area (Å²) in [6.45, 7) is 0. The molecule has 0 amide bonds. The van der Waals surface area contributed by atoms with Crippen LogP contribution < -0.4 is 0 Å². The van der Waals surface area contributed by atoms with Gasteiger partial charge in [-0.1, -0.05) is 18.2 Å². The molecular weight excluding hydrogens is 228 g/mol. The Kier molecular flexibility index (Phi) is 3.77. The van der Waals surface area contributed by atoms with Crippen LogP contribution in [0.25, 0.3) is 11.3 Å². The third kappa shape index (κ3) is 2.77. The maximum Gasteiger partial charge on any atom is 0.305 e. The standard InChI is InChI=1S/C14H16N2O2/c1-16-10-15-9-13(16)12-5-3-4-11(8-12)6-7-14(17)18-2/h3-5,8-10H,6-7H2,1-2H3. The zero-order valence-electron chi connectivity index (χ0n) is 10.6. The van der Waals surface area contributed by atoms with Crippen LogP contribution in [-0.2, 0) is 23.0 Å². The predicted molar refractivity (Wildman–Crippen MR) is 69.0 cm³/mol. The Morgan fingerprint density at radius 2 is 2.28 bits per heavy atom. The Morgan fingerprint density at radius 3 is 2.94 bits per heavy atom. The Hall–Kier alpha value is -2.10. The third-order valence-corrected chi connectivity index (χ3v) is 2.88. The molecule has 18 heavy (non-hydrogen) atoms. The quantitative estimate of drug-likeness (QED) is 0.774. The van der Waals surface area contributed by atoms with Gasteiger partial charge in [0.2, 0.25) is 0 Å². The minimum atomic E-state index is -0.180. The van der Waals surface area contributed by atoms with Gasteiger partial charge in [0.1, 0.15) is 0 Å². The highest BCUT2D eigenvalue weighted by atomic mass is 16.5. The molecule has 0 spiro atoms. The number of rotatable bonds is 4. The summed E-state index contributed by atoms with van der Waals surface area (Å²) in [5.41, 5.74) is 3.30. The molecule has 0 saturated carbocycles. The molecule has 94 valence electrons. The molecule has 2 aromatic rings. The fourth-order valence-electron chi connectivity index (χ4n) is 1.87. The number of aryl methyl sites for hydroxylation is 2. The Bertz CT molecular complexity index is 546. The molecule has 0 unspecified atom stereocenters. The maximum absolute atomic E-state index is 11.1. The molecule has 0 radical (unpaired) electrons. The van der Waals surface area contributed by atoms with E-state index < -0.39 is 0 Å². The average Bonchev–Trinajstić information content (AvgIpc) is 2.82. The van der Waals surface area contributed by atoms with Gasteiger partial charge < -0.3 is 9.30 Å². The third-order valence-electron chi connectivity index (χ3n) is 2.88. The van der Waals surface area contributed by atoms with E-state index in [0.29, 0.717) is 12.8 Å². The van der Waals surface area contributed by atoms with Crippen LogP contribution in [0.5, 0.6) is 0 Å². The van der Waals surface area contributed by atoms with Crippen LogP contribution in [0.1, 0.15) is 12.0 Å². The van der Waals surface area contributed by atoms with Crippen LogP contribution in [0.3, 0.4) is 0 Å². The predicted octanol–water partition coefficient (Wildman–Crippen LogP) is 2.19. The number of hydrogen-bond acceptors (Lipinski definition) is 3. The van der Waals surface area contributed by atoms with Crippen molar-refractivity contribution in [2.24, 2.45) is 7.05 Å². The molecule has 0 aliphatic carbocycles. The van der Waals surface area contributed by atoms with Crippen molar-refractivity contribution in [3.63, 3.8) is 0 Å². The van der Waals surface area contributed by atoms with Crippen molar-refractivity contribution in [2.45, 2.75) is 12.8 Å². The normalized spacial score (nSPS) is 10.3. The highest BCUT2D eigenvalue weighted by Crippen LogP contribution is 2.20. The largest absolute Gasteiger partial charge is 0.469 e. The molecule has 0 saturated heterocycles. The molecule has 4 heteroatoms.